The van der Waals surface area contributed by atoms with E-state index in [0.717, 1.165) is 6.07 Å². The first-order chi connectivity index (χ1) is 12.6. The van der Waals surface area contributed by atoms with Gasteiger partial charge in [0, 0.05) is 6.07 Å². The molecule has 3 rings (SSSR count). The fourth-order valence-corrected chi connectivity index (χ4v) is 2.10. The number of hydrogen-bond acceptors (Lipinski definition) is 5. The molecule has 3 aromatic rings. The van der Waals surface area contributed by atoms with E-state index in [2.05, 4.69) is 24.3 Å². The second-order valence-electron chi connectivity index (χ2n) is 5.37. The van der Waals surface area contributed by atoms with Gasteiger partial charge in [0.05, 0.1) is 18.1 Å². The van der Waals surface area contributed by atoms with E-state index in [-0.39, 0.29) is 0 Å². The van der Waals surface area contributed by atoms with Gasteiger partial charge >= 0.3 is 5.69 Å². The summed E-state index contributed by atoms with van der Waals surface area (Å²) in [6.07, 6.45) is 0. The molecule has 0 amide bonds. The van der Waals surface area contributed by atoms with Crippen molar-refractivity contribution in [3.63, 3.8) is 0 Å². The van der Waals surface area contributed by atoms with Gasteiger partial charge in [0.15, 0.2) is 5.75 Å². The Balaban J connectivity index is 0.000000197. The molecule has 134 valence electrons. The molecule has 6 nitrogen and oxygen atoms in total. The molecule has 26 heavy (non-hydrogen) atoms. The molecule has 0 bridgehead atoms. The topological polar surface area (TPSA) is 92.8 Å². The van der Waals surface area contributed by atoms with Crippen molar-refractivity contribution in [3.8, 4) is 11.5 Å². The smallest absolute Gasteiger partial charge is 0.314 e. The summed E-state index contributed by atoms with van der Waals surface area (Å²) in [5.74, 6) is -1.18. The Bertz CT molecular complexity index is 783. The first kappa shape index (κ1) is 19.0. The summed E-state index contributed by atoms with van der Waals surface area (Å²) >= 11 is 0. The van der Waals surface area contributed by atoms with Crippen molar-refractivity contribution in [2.75, 3.05) is 0 Å². The molecule has 6 heteroatoms. The Morgan fingerprint density at radius 1 is 0.769 bits per heavy atom. The van der Waals surface area contributed by atoms with E-state index in [1.54, 1.807) is 0 Å². The number of benzene rings is 3. The van der Waals surface area contributed by atoms with Crippen LogP contribution in [0.1, 0.15) is 11.1 Å². The molecule has 0 saturated carbocycles. The highest BCUT2D eigenvalue weighted by molar-refractivity contribution is 5.53. The number of phenolic OH excluding ortho intramolecular Hbond substituents is 2. The SMILES string of the molecule is O=[N+]([O-])c1cccc(O)c1O.c1ccc(COCc2ccccc2)cc1. The van der Waals surface area contributed by atoms with Crippen molar-refractivity contribution in [3.05, 3.63) is 100 Å². The minimum Gasteiger partial charge on any atom is -0.504 e. The van der Waals surface area contributed by atoms with Crippen molar-refractivity contribution < 1.29 is 19.9 Å². The number of hydrogen-bond donors (Lipinski definition) is 2. The quantitative estimate of drug-likeness (QED) is 0.403. The zero-order valence-electron chi connectivity index (χ0n) is 14.0. The van der Waals surface area contributed by atoms with Crippen LogP contribution in [0.2, 0.25) is 0 Å². The van der Waals surface area contributed by atoms with Crippen LogP contribution in [0, 0.1) is 10.1 Å². The number of ether oxygens (including phenoxy) is 1. The van der Waals surface area contributed by atoms with Crippen LogP contribution in [0.5, 0.6) is 11.5 Å². The average Bonchev–Trinajstić information content (AvgIpc) is 2.66. The normalized spacial score (nSPS) is 9.85. The average molecular weight is 353 g/mol. The molecule has 3 aromatic carbocycles. The first-order valence-electron chi connectivity index (χ1n) is 7.89. The summed E-state index contributed by atoms with van der Waals surface area (Å²) in [6.45, 7) is 1.35. The highest BCUT2D eigenvalue weighted by Gasteiger charge is 2.14. The summed E-state index contributed by atoms with van der Waals surface area (Å²) in [4.78, 5) is 9.34. The standard InChI is InChI=1S/C14H14O.C6H5NO4/c1-3-7-13(8-4-1)11-15-12-14-9-5-2-6-10-14;8-5-3-1-2-4(6(5)9)7(10)11/h1-10H,11-12H2;1-3,8-9H. The number of nitro benzene ring substituents is 1. The van der Waals surface area contributed by atoms with Crippen LogP contribution in [0.25, 0.3) is 0 Å². The zero-order chi connectivity index (χ0) is 18.8. The van der Waals surface area contributed by atoms with Gasteiger partial charge in [-0.25, -0.2) is 0 Å². The van der Waals surface area contributed by atoms with Crippen LogP contribution in [0.4, 0.5) is 5.69 Å². The molecule has 2 N–H and O–H groups in total. The number of aromatic hydroxyl groups is 2. The Kier molecular flexibility index (Phi) is 7.15. The van der Waals surface area contributed by atoms with E-state index in [4.69, 9.17) is 14.9 Å². The largest absolute Gasteiger partial charge is 0.504 e. The molecule has 0 atom stereocenters. The lowest BCUT2D eigenvalue weighted by molar-refractivity contribution is -0.386. The molecule has 0 unspecified atom stereocenters. The van der Waals surface area contributed by atoms with Crippen LogP contribution < -0.4 is 0 Å². The number of rotatable bonds is 5. The summed E-state index contributed by atoms with van der Waals surface area (Å²) in [5.41, 5.74) is 1.94. The molecule has 0 saturated heterocycles. The molecular formula is C20H19NO5. The van der Waals surface area contributed by atoms with Crippen molar-refractivity contribution >= 4 is 5.69 Å². The third-order valence-corrected chi connectivity index (χ3v) is 3.41. The van der Waals surface area contributed by atoms with Crippen LogP contribution in [-0.4, -0.2) is 15.1 Å². The van der Waals surface area contributed by atoms with E-state index in [0.29, 0.717) is 13.2 Å². The van der Waals surface area contributed by atoms with E-state index in [1.165, 1.54) is 23.3 Å². The van der Waals surface area contributed by atoms with Gasteiger partial charge in [-0.15, -0.1) is 0 Å². The molecule has 0 spiro atoms. The number of para-hydroxylation sites is 1. The molecular weight excluding hydrogens is 334 g/mol. The van der Waals surface area contributed by atoms with E-state index in [9.17, 15) is 10.1 Å². The van der Waals surface area contributed by atoms with Crippen molar-refractivity contribution in [1.82, 2.24) is 0 Å². The Labute approximate surface area is 151 Å². The van der Waals surface area contributed by atoms with E-state index >= 15 is 0 Å². The minimum absolute atomic E-state index is 0.487. The maximum atomic E-state index is 10.1. The van der Waals surface area contributed by atoms with Gasteiger partial charge in [-0.2, -0.15) is 0 Å². The summed E-state index contributed by atoms with van der Waals surface area (Å²) in [5, 5.41) is 27.8. The molecule has 0 aromatic heterocycles. The molecule has 0 heterocycles. The third-order valence-electron chi connectivity index (χ3n) is 3.41. The number of nitro groups is 1. The van der Waals surface area contributed by atoms with Gasteiger partial charge in [-0.3, -0.25) is 10.1 Å². The molecule has 0 aliphatic carbocycles. The number of nitrogens with zero attached hydrogens (tertiary/aromatic N) is 1. The van der Waals surface area contributed by atoms with Crippen LogP contribution >= 0.6 is 0 Å². The van der Waals surface area contributed by atoms with Crippen molar-refractivity contribution in [2.24, 2.45) is 0 Å². The Morgan fingerprint density at radius 2 is 1.27 bits per heavy atom. The fourth-order valence-electron chi connectivity index (χ4n) is 2.10. The maximum absolute atomic E-state index is 10.1. The van der Waals surface area contributed by atoms with Crippen LogP contribution in [-0.2, 0) is 18.0 Å². The Hall–Kier alpha value is -3.38. The summed E-state index contributed by atoms with van der Waals surface area (Å²) in [6, 6.07) is 24.0. The lowest BCUT2D eigenvalue weighted by Crippen LogP contribution is -1.93. The predicted molar refractivity (Wildman–Crippen MR) is 97.8 cm³/mol. The van der Waals surface area contributed by atoms with Gasteiger partial charge in [0.25, 0.3) is 0 Å². The van der Waals surface area contributed by atoms with Gasteiger partial charge < -0.3 is 14.9 Å². The lowest BCUT2D eigenvalue weighted by atomic mass is 10.2. The monoisotopic (exact) mass is 353 g/mol. The van der Waals surface area contributed by atoms with Crippen molar-refractivity contribution in [2.45, 2.75) is 13.2 Å². The van der Waals surface area contributed by atoms with Gasteiger partial charge in [0.2, 0.25) is 5.75 Å². The first-order valence-corrected chi connectivity index (χ1v) is 7.89. The summed E-state index contributed by atoms with van der Waals surface area (Å²) < 4.78 is 5.61. The molecule has 0 fully saturated rings. The highest BCUT2D eigenvalue weighted by Crippen LogP contribution is 2.33. The lowest BCUT2D eigenvalue weighted by Gasteiger charge is -2.03. The van der Waals surface area contributed by atoms with Crippen LogP contribution in [0.3, 0.4) is 0 Å². The maximum Gasteiger partial charge on any atom is 0.314 e. The second kappa shape index (κ2) is 9.80. The van der Waals surface area contributed by atoms with E-state index in [1.807, 2.05) is 36.4 Å². The minimum atomic E-state index is -0.769. The third kappa shape index (κ3) is 5.92. The van der Waals surface area contributed by atoms with Gasteiger partial charge in [-0.05, 0) is 17.2 Å². The highest BCUT2D eigenvalue weighted by atomic mass is 16.6. The van der Waals surface area contributed by atoms with Gasteiger partial charge in [0.1, 0.15) is 0 Å². The molecule has 0 aliphatic heterocycles. The fraction of sp³-hybridized carbons (Fsp3) is 0.100. The predicted octanol–water partition coefficient (Wildman–Crippen LogP) is 4.41. The zero-order valence-corrected chi connectivity index (χ0v) is 14.0. The van der Waals surface area contributed by atoms with Crippen molar-refractivity contribution in [1.29, 1.82) is 0 Å². The Morgan fingerprint density at radius 3 is 1.69 bits per heavy atom. The molecule has 0 radical (unpaired) electrons. The second-order valence-corrected chi connectivity index (χ2v) is 5.37. The van der Waals surface area contributed by atoms with E-state index < -0.39 is 22.1 Å². The summed E-state index contributed by atoms with van der Waals surface area (Å²) in [7, 11) is 0. The van der Waals surface area contributed by atoms with Gasteiger partial charge in [-0.1, -0.05) is 66.7 Å². The molecule has 0 aliphatic rings. The number of phenols is 2. The van der Waals surface area contributed by atoms with Crippen LogP contribution in [0.15, 0.2) is 78.9 Å².